The van der Waals surface area contributed by atoms with E-state index in [1.807, 2.05) is 0 Å². The molecule has 0 aromatic heterocycles. The van der Waals surface area contributed by atoms with Crippen LogP contribution in [0.15, 0.2) is 24.3 Å². The topological polar surface area (TPSA) is 81.5 Å². The number of amides is 1. The number of ether oxygens (including phenoxy) is 1. The summed E-state index contributed by atoms with van der Waals surface area (Å²) < 4.78 is 5.06. The number of rotatable bonds is 14. The van der Waals surface area contributed by atoms with Crippen LogP contribution in [0.3, 0.4) is 0 Å². The summed E-state index contributed by atoms with van der Waals surface area (Å²) in [6, 6.07) is 6.27. The largest absolute Gasteiger partial charge is 0.444 e. The Kier molecular flexibility index (Phi) is 11.9. The fourth-order valence-electron chi connectivity index (χ4n) is 2.81. The van der Waals surface area contributed by atoms with Gasteiger partial charge in [0.2, 0.25) is 0 Å². The maximum Gasteiger partial charge on any atom is 0.407 e. The van der Waals surface area contributed by atoms with E-state index in [0.29, 0.717) is 12.1 Å². The summed E-state index contributed by atoms with van der Waals surface area (Å²) >= 11 is 0. The van der Waals surface area contributed by atoms with E-state index in [1.165, 1.54) is 57.4 Å². The maximum atomic E-state index is 11.7. The van der Waals surface area contributed by atoms with Crippen molar-refractivity contribution >= 4 is 11.8 Å². The summed E-state index contributed by atoms with van der Waals surface area (Å²) in [4.78, 5) is 22.1. The number of alkyl carbamates (subject to hydrolysis) is 1. The van der Waals surface area contributed by atoms with Crippen molar-refractivity contribution in [1.29, 1.82) is 0 Å². The zero-order chi connectivity index (χ0) is 19.0. The van der Waals surface area contributed by atoms with Crippen LogP contribution in [-0.4, -0.2) is 17.6 Å². The fourth-order valence-corrected chi connectivity index (χ4v) is 2.81. The number of hydrogen-bond acceptors (Lipinski definition) is 4. The van der Waals surface area contributed by atoms with Gasteiger partial charge in [-0.15, -0.1) is 0 Å². The van der Waals surface area contributed by atoms with Gasteiger partial charge in [0, 0.05) is 12.6 Å². The van der Waals surface area contributed by atoms with Crippen LogP contribution in [-0.2, 0) is 11.3 Å². The van der Waals surface area contributed by atoms with Gasteiger partial charge in [-0.2, -0.15) is 0 Å². The van der Waals surface area contributed by atoms with Crippen LogP contribution in [0.1, 0.15) is 76.7 Å². The molecular formula is C20H32N2O4. The normalized spacial score (nSPS) is 10.5. The molecule has 0 heterocycles. The van der Waals surface area contributed by atoms with Crippen LogP contribution < -0.4 is 5.32 Å². The monoisotopic (exact) mass is 364 g/mol. The van der Waals surface area contributed by atoms with E-state index in [1.54, 1.807) is 18.2 Å². The molecule has 0 saturated heterocycles. The maximum absolute atomic E-state index is 11.7. The number of carbonyl (C=O) groups is 1. The highest BCUT2D eigenvalue weighted by Crippen LogP contribution is 2.18. The highest BCUT2D eigenvalue weighted by Gasteiger charge is 2.13. The van der Waals surface area contributed by atoms with Crippen molar-refractivity contribution in [3.05, 3.63) is 39.9 Å². The number of carbonyl (C=O) groups excluding carboxylic acids is 1. The Labute approximate surface area is 156 Å². The molecule has 0 spiro atoms. The SMILES string of the molecule is CCCCCCCCCCCCNC(=O)OCc1ccccc1[N+](=O)[O-]. The second kappa shape index (κ2) is 14.1. The van der Waals surface area contributed by atoms with Gasteiger partial charge in [0.25, 0.3) is 5.69 Å². The van der Waals surface area contributed by atoms with Crippen molar-refractivity contribution in [1.82, 2.24) is 5.32 Å². The van der Waals surface area contributed by atoms with Gasteiger partial charge in [-0.1, -0.05) is 76.8 Å². The van der Waals surface area contributed by atoms with Crippen LogP contribution >= 0.6 is 0 Å². The molecule has 0 saturated carbocycles. The lowest BCUT2D eigenvalue weighted by Crippen LogP contribution is -2.25. The third-order valence-electron chi connectivity index (χ3n) is 4.35. The molecule has 0 radical (unpaired) electrons. The van der Waals surface area contributed by atoms with Crippen LogP contribution in [0.5, 0.6) is 0 Å². The average molecular weight is 364 g/mol. The Balaban J connectivity index is 2.02. The number of nitro benzene ring substituents is 1. The van der Waals surface area contributed by atoms with Crippen molar-refractivity contribution in [2.75, 3.05) is 6.54 Å². The summed E-state index contributed by atoms with van der Waals surface area (Å²) in [6.45, 7) is 2.71. The van der Waals surface area contributed by atoms with Crippen molar-refractivity contribution in [3.8, 4) is 0 Å². The molecule has 6 nitrogen and oxygen atoms in total. The zero-order valence-electron chi connectivity index (χ0n) is 15.9. The molecule has 0 fully saturated rings. The van der Waals surface area contributed by atoms with Crippen molar-refractivity contribution < 1.29 is 14.5 Å². The number of unbranched alkanes of at least 4 members (excludes halogenated alkanes) is 9. The van der Waals surface area contributed by atoms with E-state index >= 15 is 0 Å². The van der Waals surface area contributed by atoms with Crippen LogP contribution in [0.2, 0.25) is 0 Å². The first-order valence-corrected chi connectivity index (χ1v) is 9.78. The van der Waals surface area contributed by atoms with Gasteiger partial charge >= 0.3 is 6.09 Å². The van der Waals surface area contributed by atoms with Crippen molar-refractivity contribution in [3.63, 3.8) is 0 Å². The smallest absolute Gasteiger partial charge is 0.407 e. The Morgan fingerprint density at radius 3 is 2.19 bits per heavy atom. The minimum atomic E-state index is -0.529. The lowest BCUT2D eigenvalue weighted by atomic mass is 10.1. The summed E-state index contributed by atoms with van der Waals surface area (Å²) in [5.41, 5.74) is 0.363. The fraction of sp³-hybridized carbons (Fsp3) is 0.650. The number of nitro groups is 1. The molecule has 1 aromatic carbocycles. The highest BCUT2D eigenvalue weighted by atomic mass is 16.6. The zero-order valence-corrected chi connectivity index (χ0v) is 15.9. The third kappa shape index (κ3) is 10.0. The number of para-hydroxylation sites is 1. The molecule has 0 unspecified atom stereocenters. The summed E-state index contributed by atoms with van der Waals surface area (Å²) in [6.07, 6.45) is 11.9. The molecule has 1 N–H and O–H groups in total. The van der Waals surface area contributed by atoms with Gasteiger partial charge in [-0.3, -0.25) is 10.1 Å². The Morgan fingerprint density at radius 2 is 1.58 bits per heavy atom. The predicted octanol–water partition coefficient (Wildman–Crippen LogP) is 5.74. The van der Waals surface area contributed by atoms with Crippen molar-refractivity contribution in [2.45, 2.75) is 77.7 Å². The predicted molar refractivity (Wildman–Crippen MR) is 103 cm³/mol. The van der Waals surface area contributed by atoms with Crippen molar-refractivity contribution in [2.24, 2.45) is 0 Å². The molecular weight excluding hydrogens is 332 g/mol. The van der Waals surface area contributed by atoms with Crippen LogP contribution in [0.25, 0.3) is 0 Å². The Morgan fingerprint density at radius 1 is 1.00 bits per heavy atom. The van der Waals surface area contributed by atoms with E-state index in [0.717, 1.165) is 12.8 Å². The molecule has 6 heteroatoms. The number of nitrogens with one attached hydrogen (secondary N) is 1. The third-order valence-corrected chi connectivity index (χ3v) is 4.35. The first-order valence-electron chi connectivity index (χ1n) is 9.78. The number of hydrogen-bond donors (Lipinski definition) is 1. The molecule has 0 bridgehead atoms. The number of benzene rings is 1. The molecule has 0 aliphatic rings. The molecule has 1 rings (SSSR count). The highest BCUT2D eigenvalue weighted by molar-refractivity contribution is 5.67. The van der Waals surface area contributed by atoms with Gasteiger partial charge in [0.05, 0.1) is 10.5 Å². The van der Waals surface area contributed by atoms with E-state index < -0.39 is 11.0 Å². The minimum Gasteiger partial charge on any atom is -0.444 e. The molecule has 26 heavy (non-hydrogen) atoms. The standard InChI is InChI=1S/C20H32N2O4/c1-2-3-4-5-6-7-8-9-10-13-16-21-20(23)26-17-18-14-11-12-15-19(18)22(24)25/h11-12,14-15H,2-10,13,16-17H2,1H3,(H,21,23). The molecule has 1 amide bonds. The van der Waals surface area contributed by atoms with Gasteiger partial charge in [-0.05, 0) is 12.5 Å². The van der Waals surface area contributed by atoms with E-state index in [4.69, 9.17) is 4.74 Å². The van der Waals surface area contributed by atoms with E-state index in [2.05, 4.69) is 12.2 Å². The first-order chi connectivity index (χ1) is 12.6. The Hall–Kier alpha value is -2.11. The second-order valence-corrected chi connectivity index (χ2v) is 6.57. The van der Waals surface area contributed by atoms with Crippen LogP contribution in [0, 0.1) is 10.1 Å². The molecule has 0 aliphatic carbocycles. The lowest BCUT2D eigenvalue weighted by Gasteiger charge is -2.07. The van der Waals surface area contributed by atoms with E-state index in [9.17, 15) is 14.9 Å². The van der Waals surface area contributed by atoms with Gasteiger partial charge in [0.1, 0.15) is 6.61 Å². The van der Waals surface area contributed by atoms with Gasteiger partial charge < -0.3 is 10.1 Å². The molecule has 1 aromatic rings. The Bertz CT molecular complexity index is 534. The molecule has 0 atom stereocenters. The van der Waals surface area contributed by atoms with Gasteiger partial charge in [0.15, 0.2) is 0 Å². The number of nitrogens with zero attached hydrogens (tertiary/aromatic N) is 1. The second-order valence-electron chi connectivity index (χ2n) is 6.57. The van der Waals surface area contributed by atoms with Gasteiger partial charge in [-0.25, -0.2) is 4.79 Å². The average Bonchev–Trinajstić information content (AvgIpc) is 2.64. The van der Waals surface area contributed by atoms with Crippen LogP contribution in [0.4, 0.5) is 10.5 Å². The summed E-state index contributed by atoms with van der Waals surface area (Å²) in [5.74, 6) is 0. The van der Waals surface area contributed by atoms with E-state index in [-0.39, 0.29) is 12.3 Å². The molecule has 146 valence electrons. The molecule has 0 aliphatic heterocycles. The summed E-state index contributed by atoms with van der Waals surface area (Å²) in [7, 11) is 0. The lowest BCUT2D eigenvalue weighted by molar-refractivity contribution is -0.385. The minimum absolute atomic E-state index is 0.0324. The summed E-state index contributed by atoms with van der Waals surface area (Å²) in [5, 5.41) is 13.6. The quantitative estimate of drug-likeness (QED) is 0.259. The first kappa shape index (κ1) is 21.9.